The fourth-order valence-corrected chi connectivity index (χ4v) is 3.47. The number of hydrogen-bond donors (Lipinski definition) is 2. The van der Waals surface area contributed by atoms with Gasteiger partial charge in [-0.2, -0.15) is 0 Å². The van der Waals surface area contributed by atoms with E-state index in [0.29, 0.717) is 46.6 Å². The van der Waals surface area contributed by atoms with E-state index in [9.17, 15) is 0 Å². The number of hydrogen-bond acceptors (Lipinski definition) is 11. The fourth-order valence-electron chi connectivity index (χ4n) is 3.47. The highest BCUT2D eigenvalue weighted by Crippen LogP contribution is 2.30. The molecule has 0 amide bonds. The van der Waals surface area contributed by atoms with Crippen LogP contribution >= 0.6 is 0 Å². The quantitative estimate of drug-likeness (QED) is 0.490. The minimum Gasteiger partial charge on any atom is -0.465 e. The van der Waals surface area contributed by atoms with Gasteiger partial charge in [0.2, 0.25) is 5.95 Å². The zero-order valence-electron chi connectivity index (χ0n) is 19.3. The smallest absolute Gasteiger partial charge is 0.245 e. The van der Waals surface area contributed by atoms with Crippen LogP contribution in [0.1, 0.15) is 19.5 Å². The number of methoxy groups -OCH3 is 1. The number of ether oxygens (including phenoxy) is 2. The van der Waals surface area contributed by atoms with E-state index in [2.05, 4.69) is 59.5 Å². The molecule has 0 spiro atoms. The molecule has 0 saturated carbocycles. The molecule has 3 aromatic rings. The molecule has 0 bridgehead atoms. The van der Waals surface area contributed by atoms with Gasteiger partial charge in [-0.05, 0) is 12.8 Å². The molecule has 11 nitrogen and oxygen atoms in total. The van der Waals surface area contributed by atoms with E-state index >= 15 is 0 Å². The van der Waals surface area contributed by atoms with Crippen molar-refractivity contribution in [2.75, 3.05) is 43.8 Å². The third-order valence-corrected chi connectivity index (χ3v) is 5.32. The Bertz CT molecular complexity index is 1040. The van der Waals surface area contributed by atoms with Crippen molar-refractivity contribution in [2.45, 2.75) is 26.8 Å². The Hall–Kier alpha value is -3.44. The first-order chi connectivity index (χ1) is 16.0. The van der Waals surface area contributed by atoms with Crippen molar-refractivity contribution < 1.29 is 9.47 Å². The lowest BCUT2D eigenvalue weighted by atomic mass is 10.0. The normalized spacial score (nSPS) is 16.2. The predicted molar refractivity (Wildman–Crippen MR) is 124 cm³/mol. The molecular formula is C22H29N9O2. The third-order valence-electron chi connectivity index (χ3n) is 5.32. The summed E-state index contributed by atoms with van der Waals surface area (Å²) in [7, 11) is 1.56. The first kappa shape index (κ1) is 22.7. The van der Waals surface area contributed by atoms with Gasteiger partial charge in [-0.25, -0.2) is 15.0 Å². The van der Waals surface area contributed by atoms with Crippen molar-refractivity contribution >= 4 is 17.5 Å². The average Bonchev–Trinajstić information content (AvgIpc) is 2.84. The van der Waals surface area contributed by atoms with Crippen LogP contribution in [-0.2, 0) is 4.74 Å². The Morgan fingerprint density at radius 1 is 1.12 bits per heavy atom. The van der Waals surface area contributed by atoms with Crippen LogP contribution in [0.5, 0.6) is 5.75 Å². The molecule has 0 unspecified atom stereocenters. The summed E-state index contributed by atoms with van der Waals surface area (Å²) in [6.45, 7) is 8.95. The largest absolute Gasteiger partial charge is 0.465 e. The second-order valence-electron chi connectivity index (χ2n) is 8.18. The van der Waals surface area contributed by atoms with Crippen LogP contribution in [0, 0.1) is 12.8 Å². The summed E-state index contributed by atoms with van der Waals surface area (Å²) >= 11 is 0. The molecule has 1 atom stereocenters. The highest BCUT2D eigenvalue weighted by Gasteiger charge is 2.24. The summed E-state index contributed by atoms with van der Waals surface area (Å²) in [6.07, 6.45) is 6.70. The van der Waals surface area contributed by atoms with Gasteiger partial charge in [0, 0.05) is 38.9 Å². The molecular weight excluding hydrogens is 422 g/mol. The Morgan fingerprint density at radius 3 is 2.70 bits per heavy atom. The summed E-state index contributed by atoms with van der Waals surface area (Å²) in [5.74, 6) is 2.24. The SMILES string of the molecule is COCOc1cc(Nc2cnc(C)cn2)cnc1-c1cnc(N2CCN[C@@H](C(C)C)C2)nn1. The van der Waals surface area contributed by atoms with Gasteiger partial charge in [0.1, 0.15) is 17.2 Å². The number of pyridine rings is 1. The molecule has 174 valence electrons. The maximum Gasteiger partial charge on any atom is 0.245 e. The molecule has 2 N–H and O–H groups in total. The predicted octanol–water partition coefficient (Wildman–Crippen LogP) is 2.19. The summed E-state index contributed by atoms with van der Waals surface area (Å²) in [5.41, 5.74) is 2.58. The molecule has 4 heterocycles. The third kappa shape index (κ3) is 5.68. The number of nitrogens with zero attached hydrogens (tertiary/aromatic N) is 7. The van der Waals surface area contributed by atoms with Gasteiger partial charge >= 0.3 is 0 Å². The molecule has 4 rings (SSSR count). The van der Waals surface area contributed by atoms with Crippen LogP contribution in [0.2, 0.25) is 0 Å². The Labute approximate surface area is 193 Å². The molecule has 0 aromatic carbocycles. The van der Waals surface area contributed by atoms with Crippen molar-refractivity contribution in [3.63, 3.8) is 0 Å². The van der Waals surface area contributed by atoms with Crippen LogP contribution in [-0.4, -0.2) is 69.7 Å². The second-order valence-corrected chi connectivity index (χ2v) is 8.18. The van der Waals surface area contributed by atoms with E-state index in [4.69, 9.17) is 9.47 Å². The Morgan fingerprint density at radius 2 is 2.00 bits per heavy atom. The molecule has 1 saturated heterocycles. The van der Waals surface area contributed by atoms with Crippen LogP contribution in [0.4, 0.5) is 17.5 Å². The minimum absolute atomic E-state index is 0.0682. The van der Waals surface area contributed by atoms with Gasteiger partial charge in [-0.1, -0.05) is 13.8 Å². The Balaban J connectivity index is 1.54. The highest BCUT2D eigenvalue weighted by atomic mass is 16.7. The summed E-state index contributed by atoms with van der Waals surface area (Å²) in [4.78, 5) is 19.8. The zero-order valence-corrected chi connectivity index (χ0v) is 19.3. The number of piperazine rings is 1. The van der Waals surface area contributed by atoms with Crippen LogP contribution in [0.3, 0.4) is 0 Å². The molecule has 11 heteroatoms. The van der Waals surface area contributed by atoms with E-state index < -0.39 is 0 Å². The van der Waals surface area contributed by atoms with Gasteiger partial charge in [-0.15, -0.1) is 10.2 Å². The molecule has 33 heavy (non-hydrogen) atoms. The molecule has 0 aliphatic carbocycles. The fraction of sp³-hybridized carbons (Fsp3) is 0.455. The average molecular weight is 452 g/mol. The standard InChI is InChI=1S/C22H29N9O2/c1-14(2)18-12-31(6-5-23-18)22-27-10-17(29-30-22)21-19(33-13-32-4)7-16(9-26-21)28-20-11-24-15(3)8-25-20/h7-11,14,18,23H,5-6,12-13H2,1-4H3,(H,25,28)/t18-/m1/s1. The number of nitrogens with one attached hydrogen (secondary N) is 2. The lowest BCUT2D eigenvalue weighted by molar-refractivity contribution is 0.0513. The number of anilines is 3. The summed E-state index contributed by atoms with van der Waals surface area (Å²) in [6, 6.07) is 2.21. The number of rotatable bonds is 8. The van der Waals surface area contributed by atoms with E-state index in [-0.39, 0.29) is 6.79 Å². The topological polar surface area (TPSA) is 123 Å². The lowest BCUT2D eigenvalue weighted by Gasteiger charge is -2.35. The summed E-state index contributed by atoms with van der Waals surface area (Å²) in [5, 5.41) is 15.5. The first-order valence-electron chi connectivity index (χ1n) is 10.9. The maximum absolute atomic E-state index is 5.75. The van der Waals surface area contributed by atoms with E-state index in [0.717, 1.165) is 25.3 Å². The van der Waals surface area contributed by atoms with Crippen molar-refractivity contribution in [3.8, 4) is 17.1 Å². The van der Waals surface area contributed by atoms with Gasteiger partial charge in [0.15, 0.2) is 12.5 Å². The van der Waals surface area contributed by atoms with E-state index in [1.165, 1.54) is 0 Å². The molecule has 1 aliphatic heterocycles. The zero-order chi connectivity index (χ0) is 23.2. The molecule has 1 aliphatic rings. The molecule has 3 aromatic heterocycles. The summed E-state index contributed by atoms with van der Waals surface area (Å²) < 4.78 is 10.8. The van der Waals surface area contributed by atoms with Crippen LogP contribution in [0.25, 0.3) is 11.4 Å². The molecule has 0 radical (unpaired) electrons. The monoisotopic (exact) mass is 451 g/mol. The first-order valence-corrected chi connectivity index (χ1v) is 10.9. The Kier molecular flexibility index (Phi) is 7.20. The van der Waals surface area contributed by atoms with Crippen molar-refractivity contribution in [3.05, 3.63) is 36.5 Å². The van der Waals surface area contributed by atoms with Crippen molar-refractivity contribution in [2.24, 2.45) is 5.92 Å². The maximum atomic E-state index is 5.75. The van der Waals surface area contributed by atoms with Gasteiger partial charge in [0.25, 0.3) is 0 Å². The minimum atomic E-state index is 0.0682. The van der Waals surface area contributed by atoms with Crippen molar-refractivity contribution in [1.82, 2.24) is 35.5 Å². The highest BCUT2D eigenvalue weighted by molar-refractivity contribution is 5.67. The lowest BCUT2D eigenvalue weighted by Crippen LogP contribution is -2.53. The second kappa shape index (κ2) is 10.5. The van der Waals surface area contributed by atoms with Crippen molar-refractivity contribution in [1.29, 1.82) is 0 Å². The van der Waals surface area contributed by atoms with E-state index in [1.54, 1.807) is 31.9 Å². The van der Waals surface area contributed by atoms with Gasteiger partial charge in [0.05, 0.1) is 36.2 Å². The number of aromatic nitrogens is 6. The van der Waals surface area contributed by atoms with Crippen LogP contribution in [0.15, 0.2) is 30.9 Å². The number of aryl methyl sites for hydroxylation is 1. The van der Waals surface area contributed by atoms with Crippen LogP contribution < -0.4 is 20.3 Å². The van der Waals surface area contributed by atoms with Gasteiger partial charge < -0.3 is 25.0 Å². The van der Waals surface area contributed by atoms with E-state index in [1.807, 2.05) is 13.0 Å². The van der Waals surface area contributed by atoms with Gasteiger partial charge in [-0.3, -0.25) is 4.98 Å². The molecule has 1 fully saturated rings.